The van der Waals surface area contributed by atoms with Gasteiger partial charge in [-0.25, -0.2) is 24.0 Å². The lowest BCUT2D eigenvalue weighted by atomic mass is 10.2. The van der Waals surface area contributed by atoms with Crippen molar-refractivity contribution >= 4 is 35.8 Å². The number of benzene rings is 2. The van der Waals surface area contributed by atoms with Gasteiger partial charge in [0.15, 0.2) is 18.3 Å². The second kappa shape index (κ2) is 13.9. The summed E-state index contributed by atoms with van der Waals surface area (Å²) in [6.07, 6.45) is -7.35. The minimum Gasteiger partial charge on any atom is -0.481 e. The number of aliphatic hydroxyl groups is 3. The number of aliphatic carboxylic acids is 2. The quantitative estimate of drug-likeness (QED) is 0.229. The molecule has 0 bridgehead atoms. The van der Waals surface area contributed by atoms with Crippen LogP contribution in [0, 0.1) is 0 Å². The largest absolute Gasteiger partial charge is 0.481 e. The number of ether oxygens (including phenoxy) is 2. The van der Waals surface area contributed by atoms with Gasteiger partial charge >= 0.3 is 35.8 Å². The average molecular weight is 492 g/mol. The van der Waals surface area contributed by atoms with Crippen molar-refractivity contribution < 1.29 is 63.8 Å². The molecule has 0 spiro atoms. The Morgan fingerprint density at radius 3 is 1.23 bits per heavy atom. The number of carboxylic acids is 2. The van der Waals surface area contributed by atoms with E-state index in [1.54, 1.807) is 12.1 Å². The van der Waals surface area contributed by atoms with Gasteiger partial charge in [-0.05, 0) is 24.3 Å². The number of esters is 4. The van der Waals surface area contributed by atoms with Crippen molar-refractivity contribution in [2.75, 3.05) is 0 Å². The van der Waals surface area contributed by atoms with Crippen molar-refractivity contribution in [2.24, 2.45) is 0 Å². The van der Waals surface area contributed by atoms with Crippen molar-refractivity contribution in [1.82, 2.24) is 0 Å². The van der Waals surface area contributed by atoms with Crippen LogP contribution >= 0.6 is 0 Å². The van der Waals surface area contributed by atoms with Crippen LogP contribution in [-0.4, -0.2) is 79.7 Å². The summed E-state index contributed by atoms with van der Waals surface area (Å²) >= 11 is 0. The lowest BCUT2D eigenvalue weighted by molar-refractivity contribution is -0.166. The fourth-order valence-corrected chi connectivity index (χ4v) is 2.08. The van der Waals surface area contributed by atoms with E-state index in [0.29, 0.717) is 0 Å². The molecule has 13 nitrogen and oxygen atoms in total. The van der Waals surface area contributed by atoms with Crippen LogP contribution in [0.5, 0.6) is 0 Å². The number of hydrogen-bond acceptors (Lipinski definition) is 11. The highest BCUT2D eigenvalue weighted by Crippen LogP contribution is 2.07. The fraction of sp³-hybridized carbons (Fsp3) is 0.182. The lowest BCUT2D eigenvalue weighted by Gasteiger charge is -2.14. The molecule has 0 aromatic heterocycles. The van der Waals surface area contributed by atoms with Gasteiger partial charge in [0.25, 0.3) is 0 Å². The summed E-state index contributed by atoms with van der Waals surface area (Å²) in [5.74, 6) is -8.11. The first-order valence-electron chi connectivity index (χ1n) is 9.55. The Morgan fingerprint density at radius 1 is 0.629 bits per heavy atom. The van der Waals surface area contributed by atoms with E-state index in [2.05, 4.69) is 9.47 Å². The monoisotopic (exact) mass is 492 g/mol. The fourth-order valence-electron chi connectivity index (χ4n) is 2.08. The van der Waals surface area contributed by atoms with Gasteiger partial charge in [0.05, 0.1) is 17.5 Å². The normalized spacial score (nSPS) is 12.5. The molecule has 0 saturated heterocycles. The number of carboxylic acid groups (broad SMARTS) is 2. The van der Waals surface area contributed by atoms with Crippen LogP contribution in [0.2, 0.25) is 0 Å². The zero-order chi connectivity index (χ0) is 26.5. The zero-order valence-electron chi connectivity index (χ0n) is 17.7. The highest BCUT2D eigenvalue weighted by Gasteiger charge is 2.35. The summed E-state index contributed by atoms with van der Waals surface area (Å²) in [6.45, 7) is 0. The molecule has 0 saturated carbocycles. The highest BCUT2D eigenvalue weighted by molar-refractivity contribution is 6.01. The highest BCUT2D eigenvalue weighted by atomic mass is 16.6. The molecule has 2 unspecified atom stereocenters. The van der Waals surface area contributed by atoms with Crippen molar-refractivity contribution in [2.45, 2.75) is 24.7 Å². The molecule has 35 heavy (non-hydrogen) atoms. The van der Waals surface area contributed by atoms with Gasteiger partial charge in [-0.3, -0.25) is 4.79 Å². The smallest absolute Gasteiger partial charge is 0.346 e. The number of carbonyl (C=O) groups excluding carboxylic acids is 4. The minimum absolute atomic E-state index is 0.0318. The first-order chi connectivity index (χ1) is 16.4. The molecule has 3 atom stereocenters. The Morgan fingerprint density at radius 2 is 0.971 bits per heavy atom. The molecule has 2 aromatic carbocycles. The van der Waals surface area contributed by atoms with E-state index in [1.165, 1.54) is 48.5 Å². The van der Waals surface area contributed by atoms with E-state index in [4.69, 9.17) is 15.3 Å². The van der Waals surface area contributed by atoms with Crippen molar-refractivity contribution in [3.63, 3.8) is 0 Å². The predicted octanol–water partition coefficient (Wildman–Crippen LogP) is -0.618. The molecule has 0 aliphatic rings. The SMILES string of the molecule is O=C(O)C[C@H](O)C(=O)O.O=C(OC(=O)C(O)C(O)C(=O)OC(=O)c1ccccc1)c1ccccc1. The Kier molecular flexibility index (Phi) is 11.4. The van der Waals surface area contributed by atoms with Crippen LogP contribution in [0.1, 0.15) is 27.1 Å². The number of rotatable bonds is 8. The van der Waals surface area contributed by atoms with Crippen LogP contribution < -0.4 is 0 Å². The number of hydrogen-bond donors (Lipinski definition) is 5. The predicted molar refractivity (Wildman–Crippen MR) is 112 cm³/mol. The van der Waals surface area contributed by atoms with Crippen molar-refractivity contribution in [1.29, 1.82) is 0 Å². The molecule has 0 fully saturated rings. The first kappa shape index (κ1) is 28.6. The standard InChI is InChI=1S/C18H14O8.C4H6O5/c19-13(17(23)25-15(21)11-7-3-1-4-8-11)14(20)18(24)26-16(22)12-9-5-2-6-10-12;5-2(4(8)9)1-3(6)7/h1-10,13-14,19-20H;2,5H,1H2,(H,6,7)(H,8,9)/t;2-/m.0/s1. The third-order valence-electron chi connectivity index (χ3n) is 3.84. The van der Waals surface area contributed by atoms with Gasteiger partial charge < -0.3 is 35.0 Å². The molecule has 2 rings (SSSR count). The Balaban J connectivity index is 0.000000579. The van der Waals surface area contributed by atoms with Crippen molar-refractivity contribution in [3.8, 4) is 0 Å². The van der Waals surface area contributed by atoms with Gasteiger partial charge in [0.2, 0.25) is 0 Å². The second-order valence-corrected chi connectivity index (χ2v) is 6.49. The van der Waals surface area contributed by atoms with Crippen LogP contribution in [-0.2, 0) is 28.7 Å². The summed E-state index contributed by atoms with van der Waals surface area (Å²) in [4.78, 5) is 66.2. The average Bonchev–Trinajstić information content (AvgIpc) is 2.83. The van der Waals surface area contributed by atoms with E-state index in [0.717, 1.165) is 0 Å². The van der Waals surface area contributed by atoms with Crippen LogP contribution in [0.15, 0.2) is 60.7 Å². The van der Waals surface area contributed by atoms with E-state index >= 15 is 0 Å². The molecule has 2 aromatic rings. The molecule has 13 heteroatoms. The first-order valence-corrected chi connectivity index (χ1v) is 9.55. The Hall–Kier alpha value is -4.46. The lowest BCUT2D eigenvalue weighted by Crippen LogP contribution is -2.43. The number of aliphatic hydroxyl groups excluding tert-OH is 3. The third kappa shape index (κ3) is 9.91. The van der Waals surface area contributed by atoms with Gasteiger partial charge in [0, 0.05) is 0 Å². The number of carbonyl (C=O) groups is 6. The molecule has 0 heterocycles. The van der Waals surface area contributed by atoms with E-state index in [9.17, 15) is 39.0 Å². The van der Waals surface area contributed by atoms with E-state index in [-0.39, 0.29) is 11.1 Å². The van der Waals surface area contributed by atoms with Crippen LogP contribution in [0.4, 0.5) is 0 Å². The molecule has 0 amide bonds. The molecular formula is C22H20O13. The third-order valence-corrected chi connectivity index (χ3v) is 3.84. The summed E-state index contributed by atoms with van der Waals surface area (Å²) in [5.41, 5.74) is 0.0637. The van der Waals surface area contributed by atoms with Gasteiger partial charge in [-0.2, -0.15) is 0 Å². The molecule has 0 radical (unpaired) electrons. The second-order valence-electron chi connectivity index (χ2n) is 6.49. The zero-order valence-corrected chi connectivity index (χ0v) is 17.7. The Bertz CT molecular complexity index is 980. The maximum atomic E-state index is 11.7. The Labute approximate surface area is 196 Å². The topological polar surface area (TPSA) is 222 Å². The van der Waals surface area contributed by atoms with Gasteiger partial charge in [-0.1, -0.05) is 36.4 Å². The van der Waals surface area contributed by atoms with E-state index in [1.807, 2.05) is 0 Å². The molecule has 186 valence electrons. The van der Waals surface area contributed by atoms with Crippen LogP contribution in [0.25, 0.3) is 0 Å². The summed E-state index contributed by atoms with van der Waals surface area (Å²) in [7, 11) is 0. The minimum atomic E-state index is -2.40. The van der Waals surface area contributed by atoms with Gasteiger partial charge in [0.1, 0.15) is 0 Å². The summed E-state index contributed by atoms with van der Waals surface area (Å²) < 4.78 is 8.76. The molecular weight excluding hydrogens is 472 g/mol. The summed E-state index contributed by atoms with van der Waals surface area (Å²) in [6, 6.07) is 14.8. The van der Waals surface area contributed by atoms with Gasteiger partial charge in [-0.15, -0.1) is 0 Å². The maximum Gasteiger partial charge on any atom is 0.346 e. The molecule has 0 aliphatic carbocycles. The molecule has 5 N–H and O–H groups in total. The van der Waals surface area contributed by atoms with Crippen LogP contribution in [0.3, 0.4) is 0 Å². The summed E-state index contributed by atoms with van der Waals surface area (Å²) in [5, 5.41) is 43.4. The maximum absolute atomic E-state index is 11.7. The van der Waals surface area contributed by atoms with E-state index < -0.39 is 60.5 Å². The molecule has 0 aliphatic heterocycles. The van der Waals surface area contributed by atoms with Crippen molar-refractivity contribution in [3.05, 3.63) is 71.8 Å².